The second kappa shape index (κ2) is 12.4. The van der Waals surface area contributed by atoms with Crippen molar-refractivity contribution in [2.75, 3.05) is 19.6 Å². The molecule has 2 heterocycles. The van der Waals surface area contributed by atoms with Gasteiger partial charge in [-0.1, -0.05) is 6.07 Å². The van der Waals surface area contributed by atoms with Crippen LogP contribution in [0.3, 0.4) is 0 Å². The predicted molar refractivity (Wildman–Crippen MR) is 133 cm³/mol. The Kier molecular flexibility index (Phi) is 9.33. The van der Waals surface area contributed by atoms with E-state index < -0.39 is 24.0 Å². The number of pyridine rings is 1. The summed E-state index contributed by atoms with van der Waals surface area (Å²) in [5.74, 6) is -0.992. The standard InChI is InChI=1S/C26H35N5O4/c1-17-6-7-22-13-21(17)5-4-10-28-23(33)16-31(15-20-8-11-27-12-9-20)14-18(2)29-26(35)24(19(3)32)30-25(22)34/h6-9,11-13,18-19,24,32H,4-5,10,14-16H2,1-3H3,(H,28,33)(H,29,35)(H,30,34)/t18-,19-,24+/m1/s1. The lowest BCUT2D eigenvalue weighted by atomic mass is 10.00. The number of aryl methyl sites for hydroxylation is 2. The first-order valence-corrected chi connectivity index (χ1v) is 12.0. The quantitative estimate of drug-likeness (QED) is 0.517. The molecule has 0 spiro atoms. The van der Waals surface area contributed by atoms with Crippen LogP contribution in [0.25, 0.3) is 0 Å². The van der Waals surface area contributed by atoms with Gasteiger partial charge >= 0.3 is 0 Å². The summed E-state index contributed by atoms with van der Waals surface area (Å²) in [7, 11) is 0. The number of nitrogens with one attached hydrogen (secondary N) is 3. The Morgan fingerprint density at radius 2 is 1.89 bits per heavy atom. The topological polar surface area (TPSA) is 124 Å². The predicted octanol–water partition coefficient (Wildman–Crippen LogP) is 0.939. The molecule has 3 atom stereocenters. The largest absolute Gasteiger partial charge is 0.391 e. The molecule has 0 saturated carbocycles. The molecular weight excluding hydrogens is 446 g/mol. The van der Waals surface area contributed by atoms with Gasteiger partial charge in [0.25, 0.3) is 5.91 Å². The van der Waals surface area contributed by atoms with Gasteiger partial charge in [-0.05, 0) is 74.6 Å². The fourth-order valence-corrected chi connectivity index (χ4v) is 4.17. The fourth-order valence-electron chi connectivity index (χ4n) is 4.17. The first kappa shape index (κ1) is 26.3. The zero-order chi connectivity index (χ0) is 25.4. The van der Waals surface area contributed by atoms with Crippen LogP contribution in [0.2, 0.25) is 0 Å². The fraction of sp³-hybridized carbons (Fsp3) is 0.462. The molecule has 3 rings (SSSR count). The van der Waals surface area contributed by atoms with Crippen LogP contribution < -0.4 is 16.0 Å². The third-order valence-corrected chi connectivity index (χ3v) is 6.05. The lowest BCUT2D eigenvalue weighted by Crippen LogP contribution is -2.55. The van der Waals surface area contributed by atoms with E-state index in [1.165, 1.54) is 6.92 Å². The molecule has 0 fully saturated rings. The summed E-state index contributed by atoms with van der Waals surface area (Å²) in [4.78, 5) is 44.6. The van der Waals surface area contributed by atoms with E-state index in [0.29, 0.717) is 31.6 Å². The smallest absolute Gasteiger partial charge is 0.252 e. The summed E-state index contributed by atoms with van der Waals surface area (Å²) in [5.41, 5.74) is 3.48. The SMILES string of the molecule is Cc1ccc2cc1CCCNC(=O)CN(Cc1ccncc1)C[C@@H](C)NC(=O)[C@H]([C@@H](C)O)NC2=O. The van der Waals surface area contributed by atoms with Gasteiger partial charge < -0.3 is 21.1 Å². The van der Waals surface area contributed by atoms with Crippen molar-refractivity contribution in [2.45, 2.75) is 58.3 Å². The molecule has 2 aromatic rings. The molecular formula is C26H35N5O4. The van der Waals surface area contributed by atoms with Crippen LogP contribution in [0.5, 0.6) is 0 Å². The first-order valence-electron chi connectivity index (χ1n) is 12.0. The molecule has 9 heteroatoms. The molecule has 0 unspecified atom stereocenters. The van der Waals surface area contributed by atoms with Crippen LogP contribution in [0.1, 0.15) is 47.3 Å². The van der Waals surface area contributed by atoms with Gasteiger partial charge in [-0.3, -0.25) is 24.3 Å². The summed E-state index contributed by atoms with van der Waals surface area (Å²) in [6.45, 7) is 6.89. The summed E-state index contributed by atoms with van der Waals surface area (Å²) < 4.78 is 0. The molecule has 35 heavy (non-hydrogen) atoms. The van der Waals surface area contributed by atoms with Gasteiger partial charge in [0.05, 0.1) is 12.6 Å². The van der Waals surface area contributed by atoms with E-state index in [0.717, 1.165) is 23.1 Å². The van der Waals surface area contributed by atoms with Crippen molar-refractivity contribution in [3.63, 3.8) is 0 Å². The molecule has 2 bridgehead atoms. The number of carbonyl (C=O) groups is 3. The Morgan fingerprint density at radius 3 is 2.60 bits per heavy atom. The van der Waals surface area contributed by atoms with Gasteiger partial charge in [-0.15, -0.1) is 0 Å². The summed E-state index contributed by atoms with van der Waals surface area (Å²) in [6, 6.07) is 7.71. The van der Waals surface area contributed by atoms with Gasteiger partial charge in [-0.25, -0.2) is 0 Å². The molecule has 188 valence electrons. The van der Waals surface area contributed by atoms with Crippen molar-refractivity contribution in [2.24, 2.45) is 0 Å². The molecule has 3 amide bonds. The molecule has 4 N–H and O–H groups in total. The molecule has 1 aliphatic rings. The summed E-state index contributed by atoms with van der Waals surface area (Å²) in [6.07, 6.45) is 3.75. The van der Waals surface area contributed by atoms with Gasteiger partial charge in [0.1, 0.15) is 6.04 Å². The number of hydrogen-bond donors (Lipinski definition) is 4. The maximum atomic E-state index is 13.0. The number of fused-ring (bicyclic) bond motifs is 2. The number of aliphatic hydroxyl groups is 1. The maximum absolute atomic E-state index is 13.0. The zero-order valence-corrected chi connectivity index (χ0v) is 20.6. The third kappa shape index (κ3) is 7.87. The minimum atomic E-state index is -1.11. The summed E-state index contributed by atoms with van der Waals surface area (Å²) in [5, 5.41) is 18.8. The molecule has 0 aliphatic carbocycles. The van der Waals surface area contributed by atoms with Crippen molar-refractivity contribution in [1.29, 1.82) is 0 Å². The van der Waals surface area contributed by atoms with Crippen LogP contribution in [-0.2, 0) is 22.6 Å². The van der Waals surface area contributed by atoms with Crippen molar-refractivity contribution >= 4 is 17.7 Å². The van der Waals surface area contributed by atoms with Crippen LogP contribution in [0.15, 0.2) is 42.7 Å². The highest BCUT2D eigenvalue weighted by Gasteiger charge is 2.28. The van der Waals surface area contributed by atoms with E-state index in [-0.39, 0.29) is 18.5 Å². The van der Waals surface area contributed by atoms with Crippen LogP contribution in [0, 0.1) is 6.92 Å². The number of rotatable bonds is 3. The maximum Gasteiger partial charge on any atom is 0.252 e. The monoisotopic (exact) mass is 481 g/mol. The minimum absolute atomic E-state index is 0.0916. The molecule has 0 saturated heterocycles. The highest BCUT2D eigenvalue weighted by atomic mass is 16.3. The highest BCUT2D eigenvalue weighted by Crippen LogP contribution is 2.14. The van der Waals surface area contributed by atoms with Gasteiger partial charge in [-0.2, -0.15) is 0 Å². The Labute approximate surface area is 206 Å². The lowest BCUT2D eigenvalue weighted by molar-refractivity contribution is -0.126. The number of benzene rings is 1. The van der Waals surface area contributed by atoms with Gasteiger partial charge in [0.15, 0.2) is 0 Å². The van der Waals surface area contributed by atoms with E-state index in [2.05, 4.69) is 20.9 Å². The van der Waals surface area contributed by atoms with Crippen molar-refractivity contribution in [3.8, 4) is 0 Å². The molecule has 0 radical (unpaired) electrons. The lowest BCUT2D eigenvalue weighted by Gasteiger charge is -2.28. The van der Waals surface area contributed by atoms with E-state index in [1.807, 2.05) is 36.9 Å². The number of amides is 3. The Bertz CT molecular complexity index is 1030. The van der Waals surface area contributed by atoms with E-state index in [9.17, 15) is 19.5 Å². The second-order valence-corrected chi connectivity index (χ2v) is 9.22. The number of carbonyl (C=O) groups excluding carboxylic acids is 3. The Balaban J connectivity index is 1.83. The number of hydrogen-bond acceptors (Lipinski definition) is 6. The Morgan fingerprint density at radius 1 is 1.14 bits per heavy atom. The zero-order valence-electron chi connectivity index (χ0n) is 20.6. The average Bonchev–Trinajstić information content (AvgIpc) is 2.80. The van der Waals surface area contributed by atoms with Gasteiger partial charge in [0, 0.05) is 43.6 Å². The molecule has 9 nitrogen and oxygen atoms in total. The number of aliphatic hydroxyl groups excluding tert-OH is 1. The number of aromatic nitrogens is 1. The summed E-state index contributed by atoms with van der Waals surface area (Å²) >= 11 is 0. The highest BCUT2D eigenvalue weighted by molar-refractivity contribution is 5.98. The molecule has 1 aromatic carbocycles. The van der Waals surface area contributed by atoms with Crippen LogP contribution in [-0.4, -0.2) is 70.5 Å². The van der Waals surface area contributed by atoms with E-state index in [4.69, 9.17) is 0 Å². The second-order valence-electron chi connectivity index (χ2n) is 9.22. The van der Waals surface area contributed by atoms with Crippen LogP contribution in [0.4, 0.5) is 0 Å². The van der Waals surface area contributed by atoms with E-state index in [1.54, 1.807) is 24.5 Å². The van der Waals surface area contributed by atoms with Crippen molar-refractivity contribution < 1.29 is 19.5 Å². The third-order valence-electron chi connectivity index (χ3n) is 6.05. The first-order chi connectivity index (χ1) is 16.7. The average molecular weight is 482 g/mol. The van der Waals surface area contributed by atoms with E-state index >= 15 is 0 Å². The van der Waals surface area contributed by atoms with Crippen LogP contribution >= 0.6 is 0 Å². The van der Waals surface area contributed by atoms with Gasteiger partial charge in [0.2, 0.25) is 11.8 Å². The number of nitrogens with zero attached hydrogens (tertiary/aromatic N) is 2. The van der Waals surface area contributed by atoms with Crippen molar-refractivity contribution in [3.05, 3.63) is 65.0 Å². The van der Waals surface area contributed by atoms with Crippen molar-refractivity contribution in [1.82, 2.24) is 25.8 Å². The Hall–Kier alpha value is -3.30. The molecule has 1 aliphatic heterocycles. The minimum Gasteiger partial charge on any atom is -0.391 e. The normalized spacial score (nSPS) is 21.9. The molecule has 1 aromatic heterocycles.